The van der Waals surface area contributed by atoms with E-state index in [1.807, 2.05) is 11.0 Å². The van der Waals surface area contributed by atoms with Crippen LogP contribution in [-0.4, -0.2) is 51.3 Å². The van der Waals surface area contributed by atoms with Crippen LogP contribution >= 0.6 is 0 Å². The molecule has 4 rings (SSSR count). The van der Waals surface area contributed by atoms with Gasteiger partial charge < -0.3 is 20.1 Å². The van der Waals surface area contributed by atoms with Crippen LogP contribution in [-0.2, 0) is 4.74 Å². The van der Waals surface area contributed by atoms with E-state index in [9.17, 15) is 5.11 Å². The molecule has 2 fully saturated rings. The van der Waals surface area contributed by atoms with Crippen molar-refractivity contribution in [3.8, 4) is 12.3 Å². The summed E-state index contributed by atoms with van der Waals surface area (Å²) in [6, 6.07) is 1.82. The number of hydrogen-bond donors (Lipinski definition) is 3. The van der Waals surface area contributed by atoms with Gasteiger partial charge >= 0.3 is 0 Å². The number of anilines is 3. The number of ether oxygens (including phenoxy) is 1. The lowest BCUT2D eigenvalue weighted by Crippen LogP contribution is -2.48. The van der Waals surface area contributed by atoms with Gasteiger partial charge in [-0.05, 0) is 32.1 Å². The van der Waals surface area contributed by atoms with Crippen LogP contribution in [0.3, 0.4) is 0 Å². The zero-order chi connectivity index (χ0) is 18.8. The molecular weight excluding hydrogens is 344 g/mol. The van der Waals surface area contributed by atoms with Gasteiger partial charge in [-0.3, -0.25) is 5.10 Å². The molecule has 2 aromatic rings. The fourth-order valence-electron chi connectivity index (χ4n) is 3.50. The van der Waals surface area contributed by atoms with E-state index in [1.165, 1.54) is 20.0 Å². The van der Waals surface area contributed by atoms with Gasteiger partial charge in [0.1, 0.15) is 0 Å². The number of methoxy groups -OCH3 is 1. The Hall–Kier alpha value is -2.63. The highest BCUT2D eigenvalue weighted by atomic mass is 16.6. The lowest BCUT2D eigenvalue weighted by molar-refractivity contribution is -0.0946. The van der Waals surface area contributed by atoms with Crippen molar-refractivity contribution in [2.45, 2.75) is 50.4 Å². The minimum Gasteiger partial charge on any atom is -0.366 e. The molecule has 1 aliphatic carbocycles. The van der Waals surface area contributed by atoms with Crippen molar-refractivity contribution in [3.63, 3.8) is 0 Å². The fraction of sp³-hybridized carbons (Fsp3) is 0.526. The van der Waals surface area contributed by atoms with Crippen LogP contribution in [0.15, 0.2) is 12.3 Å². The summed E-state index contributed by atoms with van der Waals surface area (Å²) in [5, 5.41) is 20.8. The van der Waals surface area contributed by atoms with Gasteiger partial charge in [0.2, 0.25) is 5.95 Å². The number of aliphatic hydroxyl groups is 1. The predicted molar refractivity (Wildman–Crippen MR) is 102 cm³/mol. The second-order valence-electron chi connectivity index (χ2n) is 7.07. The summed E-state index contributed by atoms with van der Waals surface area (Å²) in [7, 11) is 1.50. The third-order valence-corrected chi connectivity index (χ3v) is 5.17. The molecule has 1 saturated heterocycles. The maximum atomic E-state index is 10.2. The molecular formula is C19H24N6O2. The maximum absolute atomic E-state index is 10.2. The first-order chi connectivity index (χ1) is 13.2. The predicted octanol–water partition coefficient (Wildman–Crippen LogP) is 2.13. The highest BCUT2D eigenvalue weighted by Gasteiger charge is 2.31. The number of aliphatic hydroxyl groups excluding tert-OH is 1. The Labute approximate surface area is 158 Å². The first kappa shape index (κ1) is 17.8. The highest BCUT2D eigenvalue weighted by Crippen LogP contribution is 2.39. The lowest BCUT2D eigenvalue weighted by Gasteiger charge is -2.37. The van der Waals surface area contributed by atoms with E-state index < -0.39 is 6.29 Å². The average molecular weight is 368 g/mol. The number of hydrogen-bond acceptors (Lipinski definition) is 7. The van der Waals surface area contributed by atoms with Crippen molar-refractivity contribution in [3.05, 3.63) is 23.5 Å². The minimum absolute atomic E-state index is 0.180. The van der Waals surface area contributed by atoms with Gasteiger partial charge in [-0.1, -0.05) is 5.92 Å². The zero-order valence-electron chi connectivity index (χ0n) is 15.4. The normalized spacial score (nSPS) is 20.9. The third-order valence-electron chi connectivity index (χ3n) is 5.17. The van der Waals surface area contributed by atoms with Gasteiger partial charge in [0, 0.05) is 31.3 Å². The summed E-state index contributed by atoms with van der Waals surface area (Å²) in [5.74, 6) is 4.95. The quantitative estimate of drug-likeness (QED) is 0.530. The van der Waals surface area contributed by atoms with E-state index in [2.05, 4.69) is 31.4 Å². The van der Waals surface area contributed by atoms with Crippen LogP contribution in [0.2, 0.25) is 0 Å². The lowest BCUT2D eigenvalue weighted by atomic mass is 10.0. The van der Waals surface area contributed by atoms with Crippen LogP contribution in [0.1, 0.15) is 49.3 Å². The Morgan fingerprint density at radius 2 is 2.26 bits per heavy atom. The Kier molecular flexibility index (Phi) is 4.97. The zero-order valence-corrected chi connectivity index (χ0v) is 15.4. The SMILES string of the molecule is C#Cc1cnc(N2CCCCC2C(O)OC)nc1Nc1cc(C2CC2)[nH]n1. The monoisotopic (exact) mass is 368 g/mol. The van der Waals surface area contributed by atoms with Crippen molar-refractivity contribution >= 4 is 17.6 Å². The molecule has 8 heteroatoms. The number of nitrogens with zero attached hydrogens (tertiary/aromatic N) is 4. The molecule has 142 valence electrons. The molecule has 0 aromatic carbocycles. The molecule has 0 bridgehead atoms. The number of piperidine rings is 1. The standard InChI is InChI=1S/C19H24N6O2/c1-3-12-11-20-19(25-9-5-4-6-15(25)18(26)27-2)22-17(12)21-16-10-14(23-24-16)13-7-8-13/h1,10-11,13,15,18,26H,4-9H2,2H3,(H2,20,21,22,23,24). The number of H-pyrrole nitrogens is 1. The van der Waals surface area contributed by atoms with Gasteiger partial charge in [0.15, 0.2) is 17.9 Å². The van der Waals surface area contributed by atoms with E-state index >= 15 is 0 Å². The first-order valence-corrected chi connectivity index (χ1v) is 9.33. The topological polar surface area (TPSA) is 99.2 Å². The summed E-state index contributed by atoms with van der Waals surface area (Å²) in [6.07, 6.45) is 11.6. The van der Waals surface area contributed by atoms with Crippen LogP contribution in [0.4, 0.5) is 17.6 Å². The van der Waals surface area contributed by atoms with E-state index in [0.29, 0.717) is 29.1 Å². The highest BCUT2D eigenvalue weighted by molar-refractivity contribution is 5.62. The molecule has 1 saturated carbocycles. The Morgan fingerprint density at radius 1 is 1.41 bits per heavy atom. The fourth-order valence-corrected chi connectivity index (χ4v) is 3.50. The summed E-state index contributed by atoms with van der Waals surface area (Å²) in [4.78, 5) is 11.1. The van der Waals surface area contributed by atoms with Crippen molar-refractivity contribution in [1.82, 2.24) is 20.2 Å². The number of terminal acetylenes is 1. The van der Waals surface area contributed by atoms with Crippen molar-refractivity contribution < 1.29 is 9.84 Å². The van der Waals surface area contributed by atoms with Crippen molar-refractivity contribution in [2.75, 3.05) is 23.9 Å². The number of rotatable bonds is 6. The number of aromatic amines is 1. The molecule has 2 aliphatic rings. The largest absolute Gasteiger partial charge is 0.366 e. The Bertz CT molecular complexity index is 841. The van der Waals surface area contributed by atoms with Crippen LogP contribution < -0.4 is 10.2 Å². The third kappa shape index (κ3) is 3.75. The summed E-state index contributed by atoms with van der Waals surface area (Å²) in [5.41, 5.74) is 1.70. The molecule has 0 radical (unpaired) electrons. The Balaban J connectivity index is 1.60. The van der Waals surface area contributed by atoms with E-state index in [-0.39, 0.29) is 6.04 Å². The first-order valence-electron chi connectivity index (χ1n) is 9.33. The summed E-state index contributed by atoms with van der Waals surface area (Å²) >= 11 is 0. The van der Waals surface area contributed by atoms with Gasteiger partial charge in [-0.2, -0.15) is 10.1 Å². The van der Waals surface area contributed by atoms with E-state index in [4.69, 9.17) is 11.2 Å². The molecule has 3 N–H and O–H groups in total. The van der Waals surface area contributed by atoms with Crippen molar-refractivity contribution in [1.29, 1.82) is 0 Å². The summed E-state index contributed by atoms with van der Waals surface area (Å²) in [6.45, 7) is 0.758. The molecule has 2 atom stereocenters. The van der Waals surface area contributed by atoms with Crippen LogP contribution in [0.25, 0.3) is 0 Å². The van der Waals surface area contributed by atoms with Gasteiger partial charge in [-0.15, -0.1) is 6.42 Å². The maximum Gasteiger partial charge on any atom is 0.227 e. The minimum atomic E-state index is -0.884. The van der Waals surface area contributed by atoms with Gasteiger partial charge in [0.25, 0.3) is 0 Å². The number of nitrogens with one attached hydrogen (secondary N) is 2. The molecule has 27 heavy (non-hydrogen) atoms. The smallest absolute Gasteiger partial charge is 0.227 e. The second-order valence-corrected chi connectivity index (χ2v) is 7.07. The van der Waals surface area contributed by atoms with Crippen LogP contribution in [0.5, 0.6) is 0 Å². The average Bonchev–Trinajstić information content (AvgIpc) is 3.46. The van der Waals surface area contributed by atoms with Gasteiger partial charge in [0.05, 0.1) is 17.8 Å². The van der Waals surface area contributed by atoms with Crippen molar-refractivity contribution in [2.24, 2.45) is 0 Å². The van der Waals surface area contributed by atoms with Crippen LogP contribution in [0, 0.1) is 12.3 Å². The molecule has 2 unspecified atom stereocenters. The molecule has 1 aliphatic heterocycles. The summed E-state index contributed by atoms with van der Waals surface area (Å²) < 4.78 is 5.14. The molecule has 3 heterocycles. The molecule has 2 aromatic heterocycles. The van der Waals surface area contributed by atoms with E-state index in [1.54, 1.807) is 6.20 Å². The van der Waals surface area contributed by atoms with E-state index in [0.717, 1.165) is 31.5 Å². The molecule has 0 spiro atoms. The molecule has 0 amide bonds. The van der Waals surface area contributed by atoms with Gasteiger partial charge in [-0.25, -0.2) is 4.98 Å². The Morgan fingerprint density at radius 3 is 3.00 bits per heavy atom. The number of aromatic nitrogens is 4. The molecule has 8 nitrogen and oxygen atoms in total. The second kappa shape index (κ2) is 7.55.